The van der Waals surface area contributed by atoms with Crippen molar-refractivity contribution in [2.24, 2.45) is 23.3 Å². The first-order valence-corrected chi connectivity index (χ1v) is 39.8. The first-order chi connectivity index (χ1) is 42.7. The van der Waals surface area contributed by atoms with Gasteiger partial charge in [0.1, 0.15) is 0 Å². The van der Waals surface area contributed by atoms with Gasteiger partial charge in [-0.15, -0.1) is 45.3 Å². The first kappa shape index (κ1) is 72.3. The summed E-state index contributed by atoms with van der Waals surface area (Å²) in [5.74, 6) is 0.746. The van der Waals surface area contributed by atoms with Gasteiger partial charge in [0.2, 0.25) is 0 Å². The van der Waals surface area contributed by atoms with Crippen molar-refractivity contribution in [3.05, 3.63) is 79.2 Å². The van der Waals surface area contributed by atoms with E-state index < -0.39 is 11.1 Å². The molecule has 7 rings (SSSR count). The van der Waals surface area contributed by atoms with Crippen molar-refractivity contribution in [3.63, 3.8) is 0 Å². The molecule has 0 radical (unpaired) electrons. The van der Waals surface area contributed by atoms with Crippen LogP contribution < -0.4 is 11.5 Å². The molecule has 2 aliphatic heterocycles. The van der Waals surface area contributed by atoms with E-state index in [-0.39, 0.29) is 11.8 Å². The second-order valence-corrected chi connectivity index (χ2v) is 32.7. The number of rotatable bonds is 49. The average Bonchev–Trinajstić information content (AvgIpc) is 1.60. The summed E-state index contributed by atoms with van der Waals surface area (Å²) in [6.45, 7) is 18.8. The summed E-state index contributed by atoms with van der Waals surface area (Å²) in [4.78, 5) is 43.4. The van der Waals surface area contributed by atoms with Gasteiger partial charge in [0.05, 0.1) is 32.3 Å². The highest BCUT2D eigenvalue weighted by molar-refractivity contribution is 7.26. The molecule has 0 bridgehead atoms. The number of thiophene rings is 4. The van der Waals surface area contributed by atoms with Crippen LogP contribution in [0.1, 0.15) is 332 Å². The molecule has 0 saturated heterocycles. The number of unbranched alkanes of at least 4 members (excludes halogenated alkanes) is 32. The van der Waals surface area contributed by atoms with Crippen LogP contribution in [0.25, 0.3) is 41.3 Å². The van der Waals surface area contributed by atoms with Gasteiger partial charge in [0.15, 0.2) is 0 Å². The standard InChI is InChI=1S/C78H122N4O2S4/c1-9-13-17-21-25-29-31-35-39-43-46-59(45-41-37-33-27-23-19-15-11-3)57-81-73(66-52-51-65(86-66)68-55-61-62-56-70(78(7,8)80)87-64(62)50-49-63(61)85-68)71-72(76(81)84)74(67-53-54-69(88-67)77(5,6)79)82(75(71)83)58-60(47-42-38-34-28-24-20-16-12-4)48-44-40-36-32-30-26-22-18-14-10-2/h49-56,59-60H,9-48,57-58,79-80H2,1-8H3. The summed E-state index contributed by atoms with van der Waals surface area (Å²) in [7, 11) is 0. The minimum atomic E-state index is -0.554. The van der Waals surface area contributed by atoms with Gasteiger partial charge < -0.3 is 21.3 Å². The molecule has 6 nitrogen and oxygen atoms in total. The highest BCUT2D eigenvalue weighted by Gasteiger charge is 2.50. The van der Waals surface area contributed by atoms with Crippen LogP contribution in [-0.2, 0) is 20.7 Å². The predicted octanol–water partition coefficient (Wildman–Crippen LogP) is 25.0. The third-order valence-electron chi connectivity index (χ3n) is 19.3. The van der Waals surface area contributed by atoms with Crippen LogP contribution in [0.2, 0.25) is 0 Å². The third-order valence-corrected chi connectivity index (χ3v) is 24.6. The fraction of sp³-hybridized carbons (Fsp3) is 0.692. The molecule has 0 aliphatic carbocycles. The van der Waals surface area contributed by atoms with Crippen molar-refractivity contribution in [1.29, 1.82) is 0 Å². The number of amides is 2. The molecule has 6 heterocycles. The van der Waals surface area contributed by atoms with E-state index in [1.165, 1.54) is 266 Å². The van der Waals surface area contributed by atoms with E-state index in [0.29, 0.717) is 36.1 Å². The largest absolute Gasteiger partial charge is 0.321 e. The zero-order chi connectivity index (χ0) is 62.7. The number of hydrogen-bond donors (Lipinski definition) is 2. The highest BCUT2D eigenvalue weighted by atomic mass is 32.1. The van der Waals surface area contributed by atoms with E-state index in [4.69, 9.17) is 11.5 Å². The summed E-state index contributed by atoms with van der Waals surface area (Å²) in [5, 5.41) is 2.53. The lowest BCUT2D eigenvalue weighted by atomic mass is 9.93. The molecule has 0 spiro atoms. The summed E-state index contributed by atoms with van der Waals surface area (Å²) in [6, 6.07) is 18.1. The fourth-order valence-corrected chi connectivity index (χ4v) is 18.3. The summed E-state index contributed by atoms with van der Waals surface area (Å²) in [5.41, 5.74) is 15.6. The lowest BCUT2D eigenvalue weighted by molar-refractivity contribution is -0.124. The van der Waals surface area contributed by atoms with Crippen LogP contribution in [0.15, 0.2) is 59.7 Å². The zero-order valence-corrected chi connectivity index (χ0v) is 60.2. The molecule has 490 valence electrons. The third kappa shape index (κ3) is 21.7. The number of nitrogens with zero attached hydrogens (tertiary/aromatic N) is 2. The van der Waals surface area contributed by atoms with Gasteiger partial charge in [0.25, 0.3) is 11.8 Å². The van der Waals surface area contributed by atoms with Gasteiger partial charge in [0, 0.05) is 63.8 Å². The van der Waals surface area contributed by atoms with Crippen LogP contribution in [-0.4, -0.2) is 34.7 Å². The first-order valence-electron chi connectivity index (χ1n) is 36.6. The minimum Gasteiger partial charge on any atom is -0.321 e. The molecule has 2 aliphatic rings. The number of hydrogen-bond acceptors (Lipinski definition) is 8. The quantitative estimate of drug-likeness (QED) is 0.0380. The highest BCUT2D eigenvalue weighted by Crippen LogP contribution is 2.52. The maximum atomic E-state index is 16.2. The molecule has 4 aromatic heterocycles. The van der Waals surface area contributed by atoms with E-state index in [2.05, 4.69) is 114 Å². The lowest BCUT2D eigenvalue weighted by Crippen LogP contribution is -2.34. The molecule has 2 unspecified atom stereocenters. The predicted molar refractivity (Wildman–Crippen MR) is 391 cm³/mol. The topological polar surface area (TPSA) is 92.7 Å². The number of carbonyl (C=O) groups excluding carboxylic acids is 2. The molecule has 0 saturated carbocycles. The molecule has 10 heteroatoms. The summed E-state index contributed by atoms with van der Waals surface area (Å²) >= 11 is 7.08. The Morgan fingerprint density at radius 1 is 0.352 bits per heavy atom. The van der Waals surface area contributed by atoms with Gasteiger partial charge in [-0.2, -0.15) is 0 Å². The molecule has 2 atom stereocenters. The Hall–Kier alpha value is -3.12. The van der Waals surface area contributed by atoms with E-state index in [9.17, 15) is 0 Å². The van der Waals surface area contributed by atoms with Crippen LogP contribution in [0.5, 0.6) is 0 Å². The number of nitrogens with two attached hydrogens (primary N) is 2. The second kappa shape index (κ2) is 38.2. The van der Waals surface area contributed by atoms with Crippen molar-refractivity contribution < 1.29 is 9.59 Å². The zero-order valence-electron chi connectivity index (χ0n) is 57.0. The summed E-state index contributed by atoms with van der Waals surface area (Å²) in [6.07, 6.45) is 51.4. The average molecular weight is 1280 g/mol. The SMILES string of the molecule is CCCCCCCCCCCCC(CCCCCCCCCC)CN1C(=O)C2=C(c3ccc(C(C)(C)N)s3)N(CC(CCCCCCCCCC)CCCCCCCCCCCC)C(=O)C2=C1c1ccc(-c2cc3c(ccc4sc(C(C)(C)N)cc43)s2)s1. The Balaban J connectivity index is 1.24. The normalized spacial score (nSPS) is 14.8. The number of carbonyl (C=O) groups is 2. The van der Waals surface area contributed by atoms with Crippen LogP contribution >= 0.6 is 45.3 Å². The Kier molecular flexibility index (Phi) is 31.4. The van der Waals surface area contributed by atoms with Crippen molar-refractivity contribution in [2.75, 3.05) is 13.1 Å². The smallest absolute Gasteiger partial charge is 0.261 e. The lowest BCUT2D eigenvalue weighted by Gasteiger charge is -2.29. The molecular weight excluding hydrogens is 1150 g/mol. The van der Waals surface area contributed by atoms with Crippen molar-refractivity contribution in [3.8, 4) is 9.75 Å². The maximum absolute atomic E-state index is 16.2. The van der Waals surface area contributed by atoms with Crippen LogP contribution in [0.4, 0.5) is 0 Å². The molecule has 2 amide bonds. The van der Waals surface area contributed by atoms with E-state index in [1.54, 1.807) is 34.0 Å². The van der Waals surface area contributed by atoms with Gasteiger partial charge >= 0.3 is 0 Å². The molecular formula is C78H122N4O2S4. The van der Waals surface area contributed by atoms with E-state index in [1.807, 2.05) is 11.3 Å². The maximum Gasteiger partial charge on any atom is 0.261 e. The van der Waals surface area contributed by atoms with Crippen LogP contribution in [0, 0.1) is 11.8 Å². The fourth-order valence-electron chi connectivity index (χ4n) is 13.9. The molecule has 5 aromatic rings. The van der Waals surface area contributed by atoms with E-state index >= 15 is 9.59 Å². The van der Waals surface area contributed by atoms with Crippen LogP contribution in [0.3, 0.4) is 0 Å². The molecule has 4 N–H and O–H groups in total. The Labute approximate surface area is 552 Å². The minimum absolute atomic E-state index is 0.0198. The Bertz CT molecular complexity index is 2900. The molecule has 1 aromatic carbocycles. The van der Waals surface area contributed by atoms with Gasteiger partial charge in [-0.1, -0.05) is 259 Å². The van der Waals surface area contributed by atoms with Crippen molar-refractivity contribution >= 4 is 88.7 Å². The number of benzene rings is 1. The summed E-state index contributed by atoms with van der Waals surface area (Å²) < 4.78 is 2.53. The van der Waals surface area contributed by atoms with Crippen molar-refractivity contribution in [1.82, 2.24) is 9.80 Å². The van der Waals surface area contributed by atoms with E-state index in [0.717, 1.165) is 51.7 Å². The Morgan fingerprint density at radius 2 is 0.670 bits per heavy atom. The monoisotopic (exact) mass is 1270 g/mol. The Morgan fingerprint density at radius 3 is 1.03 bits per heavy atom. The van der Waals surface area contributed by atoms with Gasteiger partial charge in [-0.3, -0.25) is 9.59 Å². The second-order valence-electron chi connectivity index (χ2n) is 28.4. The number of fused-ring (bicyclic) bond motifs is 4. The molecule has 88 heavy (non-hydrogen) atoms. The van der Waals surface area contributed by atoms with Gasteiger partial charge in [-0.05, 0) is 114 Å². The van der Waals surface area contributed by atoms with Crippen molar-refractivity contribution in [2.45, 2.75) is 323 Å². The van der Waals surface area contributed by atoms with Gasteiger partial charge in [-0.25, -0.2) is 0 Å². The molecule has 0 fully saturated rings.